The van der Waals surface area contributed by atoms with Gasteiger partial charge in [-0.15, -0.1) is 0 Å². The Bertz CT molecular complexity index is 639. The number of benzene rings is 1. The van der Waals surface area contributed by atoms with Gasteiger partial charge in [0.25, 0.3) is 0 Å². The highest BCUT2D eigenvalue weighted by Crippen LogP contribution is 2.31. The molecule has 0 fully saturated rings. The molecular weight excluding hydrogens is 295 g/mol. The first-order valence-corrected chi connectivity index (χ1v) is 6.53. The maximum absolute atomic E-state index is 12.6. The summed E-state index contributed by atoms with van der Waals surface area (Å²) in [4.78, 5) is 4.09. The molecular formula is C16H14F3NO2. The number of alkyl halides is 3. The first-order chi connectivity index (χ1) is 10.4. The number of ether oxygens (including phenoxy) is 1. The van der Waals surface area contributed by atoms with Crippen LogP contribution in [0.3, 0.4) is 0 Å². The lowest BCUT2D eigenvalue weighted by Crippen LogP contribution is -2.06. The molecule has 1 N–H and O–H groups in total. The third-order valence-electron chi connectivity index (χ3n) is 2.82. The Kier molecular flexibility index (Phi) is 5.04. The number of rotatable bonds is 5. The molecule has 6 heteroatoms. The molecule has 1 aromatic carbocycles. The fourth-order valence-electron chi connectivity index (χ4n) is 1.72. The van der Waals surface area contributed by atoms with Crippen molar-refractivity contribution in [2.75, 3.05) is 6.61 Å². The molecule has 2 aromatic rings. The normalized spacial score (nSPS) is 12.2. The van der Waals surface area contributed by atoms with E-state index in [4.69, 9.17) is 4.74 Å². The lowest BCUT2D eigenvalue weighted by Gasteiger charge is -2.10. The second-order valence-corrected chi connectivity index (χ2v) is 4.53. The number of nitrogens with zero attached hydrogens (tertiary/aromatic N) is 1. The maximum atomic E-state index is 12.6. The van der Waals surface area contributed by atoms with Crippen LogP contribution in [0.2, 0.25) is 0 Å². The minimum atomic E-state index is -4.42. The Morgan fingerprint density at radius 1 is 1.18 bits per heavy atom. The fourth-order valence-corrected chi connectivity index (χ4v) is 1.72. The number of hydrogen-bond acceptors (Lipinski definition) is 3. The maximum Gasteiger partial charge on any atom is 0.416 e. The van der Waals surface area contributed by atoms with E-state index < -0.39 is 11.7 Å². The van der Waals surface area contributed by atoms with Gasteiger partial charge in [0.15, 0.2) is 0 Å². The minimum Gasteiger partial charge on any atom is -0.509 e. The van der Waals surface area contributed by atoms with Gasteiger partial charge in [-0.05, 0) is 36.4 Å². The number of pyridine rings is 1. The number of halogens is 3. The third-order valence-corrected chi connectivity index (χ3v) is 2.82. The molecule has 1 aromatic heterocycles. The summed E-state index contributed by atoms with van der Waals surface area (Å²) in [5.74, 6) is -0.0179. The average Bonchev–Trinajstić information content (AvgIpc) is 2.51. The summed E-state index contributed by atoms with van der Waals surface area (Å²) in [7, 11) is 0. The highest BCUT2D eigenvalue weighted by Gasteiger charge is 2.30. The van der Waals surface area contributed by atoms with Crippen molar-refractivity contribution in [2.24, 2.45) is 0 Å². The summed E-state index contributed by atoms with van der Waals surface area (Å²) in [6.45, 7) is -0.200. The van der Waals surface area contributed by atoms with E-state index in [1.54, 1.807) is 18.3 Å². The van der Waals surface area contributed by atoms with E-state index in [1.807, 2.05) is 6.07 Å². The predicted octanol–water partition coefficient (Wildman–Crippen LogP) is 4.16. The molecule has 0 saturated heterocycles. The Balaban J connectivity index is 1.92. The van der Waals surface area contributed by atoms with Crippen LogP contribution in [0.25, 0.3) is 0 Å². The van der Waals surface area contributed by atoms with Crippen LogP contribution < -0.4 is 4.74 Å². The Morgan fingerprint density at radius 3 is 2.68 bits per heavy atom. The topological polar surface area (TPSA) is 42.4 Å². The summed E-state index contributed by atoms with van der Waals surface area (Å²) >= 11 is 0. The van der Waals surface area contributed by atoms with Gasteiger partial charge >= 0.3 is 6.18 Å². The molecule has 0 radical (unpaired) electrons. The van der Waals surface area contributed by atoms with E-state index in [0.29, 0.717) is 6.42 Å². The predicted molar refractivity (Wildman–Crippen MR) is 75.6 cm³/mol. The lowest BCUT2D eigenvalue weighted by molar-refractivity contribution is -0.137. The number of aliphatic hydroxyl groups is 1. The molecule has 0 aliphatic carbocycles. The second kappa shape index (κ2) is 6.98. The van der Waals surface area contributed by atoms with Crippen molar-refractivity contribution in [3.8, 4) is 5.75 Å². The molecule has 0 saturated carbocycles. The van der Waals surface area contributed by atoms with Gasteiger partial charge in [0, 0.05) is 18.3 Å². The van der Waals surface area contributed by atoms with Crippen molar-refractivity contribution >= 4 is 0 Å². The monoisotopic (exact) mass is 309 g/mol. The van der Waals surface area contributed by atoms with E-state index >= 15 is 0 Å². The molecule has 1 heterocycles. The Labute approximate surface area is 125 Å². The largest absolute Gasteiger partial charge is 0.509 e. The van der Waals surface area contributed by atoms with Crippen molar-refractivity contribution in [3.05, 3.63) is 71.8 Å². The van der Waals surface area contributed by atoms with Crippen LogP contribution in [-0.2, 0) is 12.6 Å². The SMILES string of the molecule is OC(=CCc1ccccn1)COc1cccc(C(F)(F)F)c1. The second-order valence-electron chi connectivity index (χ2n) is 4.53. The standard InChI is InChI=1S/C16H14F3NO2/c17-16(18,19)12-4-3-6-15(10-12)22-11-14(21)8-7-13-5-1-2-9-20-13/h1-6,8-10,21H,7,11H2. The average molecular weight is 309 g/mol. The lowest BCUT2D eigenvalue weighted by atomic mass is 10.2. The molecule has 22 heavy (non-hydrogen) atoms. The Hall–Kier alpha value is -2.50. The minimum absolute atomic E-state index is 0.0487. The van der Waals surface area contributed by atoms with Crippen LogP contribution in [0.1, 0.15) is 11.3 Å². The first-order valence-electron chi connectivity index (χ1n) is 6.53. The van der Waals surface area contributed by atoms with Gasteiger partial charge in [0.2, 0.25) is 0 Å². The highest BCUT2D eigenvalue weighted by atomic mass is 19.4. The summed E-state index contributed by atoms with van der Waals surface area (Å²) in [6, 6.07) is 9.93. The van der Waals surface area contributed by atoms with Gasteiger partial charge in [-0.1, -0.05) is 12.1 Å². The molecule has 0 atom stereocenters. The van der Waals surface area contributed by atoms with Crippen molar-refractivity contribution in [1.29, 1.82) is 0 Å². The quantitative estimate of drug-likeness (QED) is 0.843. The third kappa shape index (κ3) is 4.80. The van der Waals surface area contributed by atoms with Gasteiger partial charge in [0.1, 0.15) is 18.1 Å². The van der Waals surface area contributed by atoms with E-state index in [0.717, 1.165) is 17.8 Å². The van der Waals surface area contributed by atoms with Crippen LogP contribution in [0.15, 0.2) is 60.5 Å². The van der Waals surface area contributed by atoms with Gasteiger partial charge < -0.3 is 9.84 Å². The summed E-state index contributed by atoms with van der Waals surface area (Å²) in [6.07, 6.45) is -0.857. The van der Waals surface area contributed by atoms with Crippen LogP contribution >= 0.6 is 0 Å². The molecule has 0 amide bonds. The molecule has 3 nitrogen and oxygen atoms in total. The van der Waals surface area contributed by atoms with Crippen molar-refractivity contribution < 1.29 is 23.0 Å². The molecule has 0 bridgehead atoms. The van der Waals surface area contributed by atoms with Gasteiger partial charge in [0.05, 0.1) is 5.56 Å². The Morgan fingerprint density at radius 2 is 2.00 bits per heavy atom. The molecule has 0 aliphatic rings. The van der Waals surface area contributed by atoms with Crippen LogP contribution in [-0.4, -0.2) is 16.7 Å². The van der Waals surface area contributed by atoms with Gasteiger partial charge in [-0.3, -0.25) is 4.98 Å². The summed E-state index contributed by atoms with van der Waals surface area (Å²) < 4.78 is 42.8. The van der Waals surface area contributed by atoms with Crippen molar-refractivity contribution in [3.63, 3.8) is 0 Å². The highest BCUT2D eigenvalue weighted by molar-refractivity contribution is 5.30. The zero-order chi connectivity index (χ0) is 16.0. The number of allylic oxidation sites excluding steroid dienone is 1. The van der Waals surface area contributed by atoms with Gasteiger partial charge in [-0.2, -0.15) is 13.2 Å². The van der Waals surface area contributed by atoms with E-state index in [2.05, 4.69) is 4.98 Å². The van der Waals surface area contributed by atoms with Crippen molar-refractivity contribution in [2.45, 2.75) is 12.6 Å². The number of hydrogen-bond donors (Lipinski definition) is 1. The van der Waals surface area contributed by atoms with Crippen LogP contribution in [0.4, 0.5) is 13.2 Å². The van der Waals surface area contributed by atoms with E-state index in [-0.39, 0.29) is 18.1 Å². The zero-order valence-electron chi connectivity index (χ0n) is 11.5. The van der Waals surface area contributed by atoms with E-state index in [9.17, 15) is 18.3 Å². The van der Waals surface area contributed by atoms with Gasteiger partial charge in [-0.25, -0.2) is 0 Å². The smallest absolute Gasteiger partial charge is 0.416 e. The first kappa shape index (κ1) is 15.9. The number of aliphatic hydroxyl groups excluding tert-OH is 1. The summed E-state index contributed by atoms with van der Waals surface area (Å²) in [5, 5.41) is 9.69. The molecule has 0 aliphatic heterocycles. The molecule has 2 rings (SSSR count). The molecule has 0 spiro atoms. The molecule has 0 unspecified atom stereocenters. The molecule has 116 valence electrons. The zero-order valence-corrected chi connectivity index (χ0v) is 11.5. The summed E-state index contributed by atoms with van der Waals surface area (Å²) in [5.41, 5.74) is -0.0185. The van der Waals surface area contributed by atoms with Crippen molar-refractivity contribution in [1.82, 2.24) is 4.98 Å². The van der Waals surface area contributed by atoms with Crippen LogP contribution in [0, 0.1) is 0 Å². The number of aromatic nitrogens is 1. The fraction of sp³-hybridized carbons (Fsp3) is 0.188. The van der Waals surface area contributed by atoms with Crippen LogP contribution in [0.5, 0.6) is 5.75 Å². The van der Waals surface area contributed by atoms with E-state index in [1.165, 1.54) is 18.2 Å².